The highest BCUT2D eigenvalue weighted by atomic mass is 127. The largest absolute Gasteiger partial charge is 0.493 e. The molecule has 0 unspecified atom stereocenters. The maximum Gasteiger partial charge on any atom is 0.191 e. The van der Waals surface area contributed by atoms with Crippen molar-refractivity contribution in [2.45, 2.75) is 19.4 Å². The molecule has 1 heterocycles. The van der Waals surface area contributed by atoms with Gasteiger partial charge in [-0.25, -0.2) is 0 Å². The zero-order valence-electron chi connectivity index (χ0n) is 16.1. The molecule has 0 aliphatic rings. The second-order valence-corrected chi connectivity index (χ2v) is 6.70. The Kier molecular flexibility index (Phi) is 10.9. The molecule has 2 rings (SSSR count). The number of aliphatic imine (C=N–C) groups is 1. The Labute approximate surface area is 182 Å². The second kappa shape index (κ2) is 12.6. The molecule has 0 atom stereocenters. The Hall–Kier alpha value is -1.74. The van der Waals surface area contributed by atoms with E-state index in [2.05, 4.69) is 45.8 Å². The van der Waals surface area contributed by atoms with Crippen LogP contribution < -0.4 is 20.1 Å². The van der Waals surface area contributed by atoms with Gasteiger partial charge in [-0.15, -0.1) is 41.9 Å². The van der Waals surface area contributed by atoms with E-state index in [1.165, 1.54) is 4.88 Å². The van der Waals surface area contributed by atoms with E-state index in [4.69, 9.17) is 9.47 Å². The standard InChI is InChI=1S/C20H27N3O2S.HI/c1-5-7-16-12-15(13-18(24-3)19(16)25-4)14-23-20(21-2)22-10-9-17-8-6-11-26-17;/h5-6,8,11-13H,1,7,9-10,14H2,2-4H3,(H2,21,22,23);1H. The van der Waals surface area contributed by atoms with Crippen LogP contribution in [0.1, 0.15) is 16.0 Å². The molecule has 0 amide bonds. The summed E-state index contributed by atoms with van der Waals surface area (Å²) in [5.74, 6) is 2.26. The lowest BCUT2D eigenvalue weighted by molar-refractivity contribution is 0.352. The fourth-order valence-corrected chi connectivity index (χ4v) is 3.39. The molecule has 7 heteroatoms. The van der Waals surface area contributed by atoms with E-state index in [0.717, 1.165) is 48.0 Å². The number of methoxy groups -OCH3 is 2. The van der Waals surface area contributed by atoms with Crippen molar-refractivity contribution in [2.24, 2.45) is 4.99 Å². The molecule has 148 valence electrons. The number of halogens is 1. The van der Waals surface area contributed by atoms with Gasteiger partial charge in [0.1, 0.15) is 0 Å². The molecular weight excluding hydrogens is 473 g/mol. The summed E-state index contributed by atoms with van der Waals surface area (Å²) in [5, 5.41) is 8.78. The number of ether oxygens (including phenoxy) is 2. The Bertz CT molecular complexity index is 733. The number of benzene rings is 1. The first-order valence-electron chi connectivity index (χ1n) is 8.53. The van der Waals surface area contributed by atoms with Gasteiger partial charge in [0, 0.05) is 30.6 Å². The molecule has 0 saturated carbocycles. The monoisotopic (exact) mass is 501 g/mol. The van der Waals surface area contributed by atoms with Crippen molar-refractivity contribution in [1.82, 2.24) is 10.6 Å². The number of hydrogen-bond donors (Lipinski definition) is 2. The zero-order valence-corrected chi connectivity index (χ0v) is 19.2. The van der Waals surface area contributed by atoms with Crippen LogP contribution in [0.4, 0.5) is 0 Å². The summed E-state index contributed by atoms with van der Waals surface area (Å²) in [6.45, 7) is 5.30. The summed E-state index contributed by atoms with van der Waals surface area (Å²) in [6, 6.07) is 8.31. The van der Waals surface area contributed by atoms with Gasteiger partial charge in [-0.1, -0.05) is 12.1 Å². The van der Waals surface area contributed by atoms with Crippen LogP contribution in [-0.2, 0) is 19.4 Å². The van der Waals surface area contributed by atoms with Crippen molar-refractivity contribution < 1.29 is 9.47 Å². The topological polar surface area (TPSA) is 54.9 Å². The number of hydrogen-bond acceptors (Lipinski definition) is 4. The van der Waals surface area contributed by atoms with Crippen molar-refractivity contribution >= 4 is 41.3 Å². The number of nitrogens with one attached hydrogen (secondary N) is 2. The molecule has 27 heavy (non-hydrogen) atoms. The van der Waals surface area contributed by atoms with E-state index >= 15 is 0 Å². The van der Waals surface area contributed by atoms with E-state index in [1.54, 1.807) is 32.6 Å². The number of rotatable bonds is 9. The Morgan fingerprint density at radius 3 is 2.67 bits per heavy atom. The summed E-state index contributed by atoms with van der Waals surface area (Å²) in [5.41, 5.74) is 2.15. The highest BCUT2D eigenvalue weighted by molar-refractivity contribution is 14.0. The van der Waals surface area contributed by atoms with Crippen LogP contribution in [-0.4, -0.2) is 33.8 Å². The SMILES string of the molecule is C=CCc1cc(CNC(=NC)NCCc2cccs2)cc(OC)c1OC.I. The lowest BCUT2D eigenvalue weighted by Gasteiger charge is -2.16. The average molecular weight is 501 g/mol. The lowest BCUT2D eigenvalue weighted by atomic mass is 10.1. The molecule has 0 aliphatic heterocycles. The lowest BCUT2D eigenvalue weighted by Crippen LogP contribution is -2.37. The van der Waals surface area contributed by atoms with Gasteiger partial charge in [0.25, 0.3) is 0 Å². The van der Waals surface area contributed by atoms with Crippen LogP contribution in [0.5, 0.6) is 11.5 Å². The van der Waals surface area contributed by atoms with Gasteiger partial charge in [-0.05, 0) is 42.0 Å². The Morgan fingerprint density at radius 1 is 1.26 bits per heavy atom. The van der Waals surface area contributed by atoms with Gasteiger partial charge in [-0.3, -0.25) is 4.99 Å². The van der Waals surface area contributed by atoms with E-state index in [-0.39, 0.29) is 24.0 Å². The van der Waals surface area contributed by atoms with Crippen molar-refractivity contribution in [3.05, 3.63) is 58.3 Å². The Morgan fingerprint density at radius 2 is 2.07 bits per heavy atom. The maximum atomic E-state index is 5.48. The van der Waals surface area contributed by atoms with Crippen molar-refractivity contribution in [2.75, 3.05) is 27.8 Å². The highest BCUT2D eigenvalue weighted by Gasteiger charge is 2.12. The van der Waals surface area contributed by atoms with Crippen LogP contribution in [0.2, 0.25) is 0 Å². The molecule has 5 nitrogen and oxygen atoms in total. The number of guanidine groups is 1. The molecule has 2 N–H and O–H groups in total. The summed E-state index contributed by atoms with van der Waals surface area (Å²) in [7, 11) is 5.08. The molecule has 1 aromatic heterocycles. The third-order valence-corrected chi connectivity index (χ3v) is 4.84. The van der Waals surface area contributed by atoms with Gasteiger partial charge < -0.3 is 20.1 Å². The molecule has 1 aromatic carbocycles. The molecule has 2 aromatic rings. The van der Waals surface area contributed by atoms with Crippen molar-refractivity contribution in [3.8, 4) is 11.5 Å². The summed E-state index contributed by atoms with van der Waals surface area (Å²) < 4.78 is 11.0. The maximum absolute atomic E-state index is 5.48. The zero-order chi connectivity index (χ0) is 18.8. The smallest absolute Gasteiger partial charge is 0.191 e. The normalized spacial score (nSPS) is 10.7. The first-order chi connectivity index (χ1) is 12.7. The van der Waals surface area contributed by atoms with E-state index in [9.17, 15) is 0 Å². The first-order valence-corrected chi connectivity index (χ1v) is 9.41. The molecule has 0 radical (unpaired) electrons. The molecular formula is C20H28IN3O2S. The molecule has 0 bridgehead atoms. The van der Waals surface area contributed by atoms with Crippen LogP contribution in [0.3, 0.4) is 0 Å². The predicted molar refractivity (Wildman–Crippen MR) is 125 cm³/mol. The van der Waals surface area contributed by atoms with E-state index in [0.29, 0.717) is 6.54 Å². The van der Waals surface area contributed by atoms with Gasteiger partial charge in [0.05, 0.1) is 14.2 Å². The molecule has 0 aliphatic carbocycles. The van der Waals surface area contributed by atoms with Gasteiger partial charge in [0.2, 0.25) is 0 Å². The van der Waals surface area contributed by atoms with Gasteiger partial charge in [-0.2, -0.15) is 0 Å². The third kappa shape index (κ3) is 7.06. The average Bonchev–Trinajstić information content (AvgIpc) is 3.17. The fraction of sp³-hybridized carbons (Fsp3) is 0.350. The third-order valence-electron chi connectivity index (χ3n) is 3.91. The molecule has 0 fully saturated rings. The van der Waals surface area contributed by atoms with Gasteiger partial charge >= 0.3 is 0 Å². The van der Waals surface area contributed by atoms with E-state index < -0.39 is 0 Å². The quantitative estimate of drug-likeness (QED) is 0.236. The minimum atomic E-state index is 0. The van der Waals surface area contributed by atoms with Crippen molar-refractivity contribution in [3.63, 3.8) is 0 Å². The van der Waals surface area contributed by atoms with Gasteiger partial charge in [0.15, 0.2) is 17.5 Å². The minimum absolute atomic E-state index is 0. The summed E-state index contributed by atoms with van der Waals surface area (Å²) >= 11 is 1.77. The molecule has 0 spiro atoms. The highest BCUT2D eigenvalue weighted by Crippen LogP contribution is 2.33. The summed E-state index contributed by atoms with van der Waals surface area (Å²) in [4.78, 5) is 5.65. The summed E-state index contributed by atoms with van der Waals surface area (Å²) in [6.07, 6.45) is 3.57. The number of thiophene rings is 1. The van der Waals surface area contributed by atoms with E-state index in [1.807, 2.05) is 12.1 Å². The predicted octanol–water partition coefficient (Wildman–Crippen LogP) is 4.02. The van der Waals surface area contributed by atoms with Crippen LogP contribution in [0.25, 0.3) is 0 Å². The molecule has 0 saturated heterocycles. The van der Waals surface area contributed by atoms with Crippen molar-refractivity contribution in [1.29, 1.82) is 0 Å². The minimum Gasteiger partial charge on any atom is -0.493 e. The first kappa shape index (κ1) is 23.3. The number of allylic oxidation sites excluding steroid dienone is 1. The van der Waals surface area contributed by atoms with Crippen LogP contribution in [0.15, 0.2) is 47.3 Å². The number of nitrogens with zero attached hydrogens (tertiary/aromatic N) is 1. The second-order valence-electron chi connectivity index (χ2n) is 5.67. The van der Waals surface area contributed by atoms with Crippen LogP contribution >= 0.6 is 35.3 Å². The fourth-order valence-electron chi connectivity index (χ4n) is 2.68. The Balaban J connectivity index is 0.00000364. The van der Waals surface area contributed by atoms with Crippen LogP contribution in [0, 0.1) is 0 Å².